The van der Waals surface area contributed by atoms with Gasteiger partial charge in [-0.25, -0.2) is 0 Å². The molecule has 1 saturated heterocycles. The Morgan fingerprint density at radius 3 is 2.54 bits per heavy atom. The third-order valence-electron chi connectivity index (χ3n) is 2.64. The summed E-state index contributed by atoms with van der Waals surface area (Å²) in [6.45, 7) is 8.85. The molecular weight excluding hydrogens is 162 g/mol. The molecule has 0 aromatic carbocycles. The van der Waals surface area contributed by atoms with Crippen LogP contribution in [0.5, 0.6) is 0 Å². The first-order chi connectivity index (χ1) is 6.09. The molecule has 0 aliphatic carbocycles. The van der Waals surface area contributed by atoms with Gasteiger partial charge in [0, 0.05) is 30.1 Å². The zero-order valence-electron chi connectivity index (χ0n) is 8.52. The molecule has 2 N–H and O–H groups in total. The molecule has 3 heteroatoms. The minimum absolute atomic E-state index is 0.182. The van der Waals surface area contributed by atoms with E-state index in [0.717, 1.165) is 13.1 Å². The number of nitrogens with zero attached hydrogens (tertiary/aromatic N) is 1. The monoisotopic (exact) mass is 179 g/mol. The van der Waals surface area contributed by atoms with Crippen LogP contribution in [0.3, 0.4) is 0 Å². The summed E-state index contributed by atoms with van der Waals surface area (Å²) < 4.78 is 0. The maximum absolute atomic E-state index is 4.14. The van der Waals surface area contributed by atoms with Gasteiger partial charge < -0.3 is 5.32 Å². The Kier molecular flexibility index (Phi) is 1.91. The van der Waals surface area contributed by atoms with E-state index >= 15 is 0 Å². The lowest BCUT2D eigenvalue weighted by Gasteiger charge is -2.29. The van der Waals surface area contributed by atoms with Gasteiger partial charge in [-0.2, -0.15) is 5.10 Å². The molecule has 3 nitrogen and oxygen atoms in total. The van der Waals surface area contributed by atoms with Gasteiger partial charge in [-0.1, -0.05) is 20.8 Å². The fourth-order valence-corrected chi connectivity index (χ4v) is 1.71. The largest absolute Gasteiger partial charge is 0.315 e. The van der Waals surface area contributed by atoms with Crippen LogP contribution in [-0.2, 0) is 5.41 Å². The van der Waals surface area contributed by atoms with E-state index in [2.05, 4.69) is 36.3 Å². The Balaban J connectivity index is 2.30. The maximum Gasteiger partial charge on any atom is 0.0526 e. The third-order valence-corrected chi connectivity index (χ3v) is 2.64. The number of hydrogen-bond donors (Lipinski definition) is 2. The first kappa shape index (κ1) is 8.75. The van der Waals surface area contributed by atoms with Gasteiger partial charge in [0.25, 0.3) is 0 Å². The molecule has 1 fully saturated rings. The molecule has 0 atom stereocenters. The smallest absolute Gasteiger partial charge is 0.0526 e. The van der Waals surface area contributed by atoms with Crippen LogP contribution >= 0.6 is 0 Å². The fourth-order valence-electron chi connectivity index (χ4n) is 1.71. The van der Waals surface area contributed by atoms with Crippen molar-refractivity contribution in [1.82, 2.24) is 15.5 Å². The lowest BCUT2D eigenvalue weighted by atomic mass is 9.83. The molecule has 0 amide bonds. The highest BCUT2D eigenvalue weighted by molar-refractivity contribution is 5.29. The summed E-state index contributed by atoms with van der Waals surface area (Å²) in [6, 6.07) is 0. The SMILES string of the molecule is CC(C)(C)c1[nH]ncc1C1CNC1. The number of nitrogens with one attached hydrogen (secondary N) is 2. The topological polar surface area (TPSA) is 40.7 Å². The standard InChI is InChI=1S/C10H17N3/c1-10(2,3)9-8(6-12-13-9)7-4-11-5-7/h6-7,11H,4-5H2,1-3H3,(H,12,13). The molecule has 0 unspecified atom stereocenters. The van der Waals surface area contributed by atoms with Crippen LogP contribution in [0.1, 0.15) is 37.9 Å². The Morgan fingerprint density at radius 1 is 1.38 bits per heavy atom. The second-order valence-corrected chi connectivity index (χ2v) is 4.81. The molecule has 0 radical (unpaired) electrons. The summed E-state index contributed by atoms with van der Waals surface area (Å²) in [5, 5.41) is 10.5. The van der Waals surface area contributed by atoms with Gasteiger partial charge in [-0.3, -0.25) is 5.10 Å². The minimum atomic E-state index is 0.182. The van der Waals surface area contributed by atoms with Crippen molar-refractivity contribution in [2.75, 3.05) is 13.1 Å². The molecule has 2 rings (SSSR count). The average Bonchev–Trinajstić information content (AvgIpc) is 2.29. The van der Waals surface area contributed by atoms with E-state index in [-0.39, 0.29) is 5.41 Å². The first-order valence-electron chi connectivity index (χ1n) is 4.83. The van der Waals surface area contributed by atoms with Gasteiger partial charge >= 0.3 is 0 Å². The molecular formula is C10H17N3. The van der Waals surface area contributed by atoms with Crippen LogP contribution in [0.15, 0.2) is 6.20 Å². The van der Waals surface area contributed by atoms with Crippen LogP contribution < -0.4 is 5.32 Å². The summed E-state index contributed by atoms with van der Waals surface area (Å²) in [7, 11) is 0. The lowest BCUT2D eigenvalue weighted by molar-refractivity contribution is 0.436. The van der Waals surface area contributed by atoms with Crippen molar-refractivity contribution in [3.63, 3.8) is 0 Å². The molecule has 72 valence electrons. The number of aromatic nitrogens is 2. The average molecular weight is 179 g/mol. The van der Waals surface area contributed by atoms with E-state index in [4.69, 9.17) is 0 Å². The summed E-state index contributed by atoms with van der Waals surface area (Å²) in [5.41, 5.74) is 2.87. The highest BCUT2D eigenvalue weighted by atomic mass is 15.1. The normalized spacial score (nSPS) is 18.7. The van der Waals surface area contributed by atoms with Crippen molar-refractivity contribution >= 4 is 0 Å². The molecule has 0 spiro atoms. The van der Waals surface area contributed by atoms with Crippen molar-refractivity contribution in [2.24, 2.45) is 0 Å². The molecule has 1 aromatic heterocycles. The van der Waals surface area contributed by atoms with E-state index < -0.39 is 0 Å². The highest BCUT2D eigenvalue weighted by Gasteiger charge is 2.27. The zero-order chi connectivity index (χ0) is 9.47. The molecule has 13 heavy (non-hydrogen) atoms. The summed E-state index contributed by atoms with van der Waals surface area (Å²) in [6.07, 6.45) is 1.98. The van der Waals surface area contributed by atoms with Crippen molar-refractivity contribution in [2.45, 2.75) is 32.1 Å². The van der Waals surface area contributed by atoms with E-state index in [1.165, 1.54) is 11.3 Å². The number of aromatic amines is 1. The number of rotatable bonds is 1. The Labute approximate surface area is 78.9 Å². The fraction of sp³-hybridized carbons (Fsp3) is 0.700. The Bertz CT molecular complexity index is 291. The molecule has 1 aromatic rings. The summed E-state index contributed by atoms with van der Waals surface area (Å²) >= 11 is 0. The van der Waals surface area contributed by atoms with Crippen LogP contribution in [-0.4, -0.2) is 23.3 Å². The predicted molar refractivity (Wildman–Crippen MR) is 52.9 cm³/mol. The van der Waals surface area contributed by atoms with Gasteiger partial charge in [0.05, 0.1) is 6.20 Å². The predicted octanol–water partition coefficient (Wildman–Crippen LogP) is 1.39. The van der Waals surface area contributed by atoms with Gasteiger partial charge in [0.2, 0.25) is 0 Å². The molecule has 1 aliphatic rings. The van der Waals surface area contributed by atoms with Crippen molar-refractivity contribution in [3.05, 3.63) is 17.5 Å². The Morgan fingerprint density at radius 2 is 2.08 bits per heavy atom. The summed E-state index contributed by atoms with van der Waals surface area (Å²) in [5.74, 6) is 0.674. The summed E-state index contributed by atoms with van der Waals surface area (Å²) in [4.78, 5) is 0. The van der Waals surface area contributed by atoms with E-state index in [9.17, 15) is 0 Å². The van der Waals surface area contributed by atoms with Gasteiger partial charge in [0.15, 0.2) is 0 Å². The Hall–Kier alpha value is -0.830. The second-order valence-electron chi connectivity index (χ2n) is 4.81. The molecule has 1 aliphatic heterocycles. The maximum atomic E-state index is 4.14. The van der Waals surface area contributed by atoms with Crippen LogP contribution in [0.4, 0.5) is 0 Å². The van der Waals surface area contributed by atoms with Crippen molar-refractivity contribution in [3.8, 4) is 0 Å². The quantitative estimate of drug-likeness (QED) is 0.684. The molecule has 0 bridgehead atoms. The molecule has 2 heterocycles. The first-order valence-corrected chi connectivity index (χ1v) is 4.83. The van der Waals surface area contributed by atoms with E-state index in [1.54, 1.807) is 0 Å². The van der Waals surface area contributed by atoms with Crippen LogP contribution in [0, 0.1) is 0 Å². The highest BCUT2D eigenvalue weighted by Crippen LogP contribution is 2.30. The number of H-pyrrole nitrogens is 1. The van der Waals surface area contributed by atoms with Gasteiger partial charge in [-0.05, 0) is 5.56 Å². The minimum Gasteiger partial charge on any atom is -0.315 e. The van der Waals surface area contributed by atoms with Crippen LogP contribution in [0.25, 0.3) is 0 Å². The molecule has 0 saturated carbocycles. The van der Waals surface area contributed by atoms with Crippen molar-refractivity contribution in [1.29, 1.82) is 0 Å². The lowest BCUT2D eigenvalue weighted by Crippen LogP contribution is -2.40. The van der Waals surface area contributed by atoms with E-state index in [0.29, 0.717) is 5.92 Å². The van der Waals surface area contributed by atoms with E-state index in [1.807, 2.05) is 6.20 Å². The van der Waals surface area contributed by atoms with Crippen LogP contribution in [0.2, 0.25) is 0 Å². The van der Waals surface area contributed by atoms with Gasteiger partial charge in [0.1, 0.15) is 0 Å². The van der Waals surface area contributed by atoms with Crippen molar-refractivity contribution < 1.29 is 0 Å². The number of hydrogen-bond acceptors (Lipinski definition) is 2. The third kappa shape index (κ3) is 1.48. The zero-order valence-corrected chi connectivity index (χ0v) is 8.52. The van der Waals surface area contributed by atoms with Gasteiger partial charge in [-0.15, -0.1) is 0 Å². The second kappa shape index (κ2) is 2.84.